The van der Waals surface area contributed by atoms with Crippen LogP contribution in [0.4, 0.5) is 0 Å². The summed E-state index contributed by atoms with van der Waals surface area (Å²) in [5.74, 6) is 1.01. The van der Waals surface area contributed by atoms with Crippen LogP contribution in [0.3, 0.4) is 0 Å². The minimum atomic E-state index is -3.74. The van der Waals surface area contributed by atoms with Gasteiger partial charge in [-0.25, -0.2) is 13.1 Å². The van der Waals surface area contributed by atoms with Crippen LogP contribution in [0.2, 0.25) is 0 Å². The van der Waals surface area contributed by atoms with E-state index in [2.05, 4.69) is 4.72 Å². The summed E-state index contributed by atoms with van der Waals surface area (Å²) >= 11 is 0. The summed E-state index contributed by atoms with van der Waals surface area (Å²) in [6.07, 6.45) is 2.06. The van der Waals surface area contributed by atoms with Crippen molar-refractivity contribution in [3.63, 3.8) is 0 Å². The fourth-order valence-corrected chi connectivity index (χ4v) is 4.23. The highest BCUT2D eigenvalue weighted by Crippen LogP contribution is 2.29. The molecule has 1 aliphatic rings. The van der Waals surface area contributed by atoms with E-state index in [0.717, 1.165) is 12.8 Å². The molecule has 0 saturated carbocycles. The number of rotatable bonds is 8. The summed E-state index contributed by atoms with van der Waals surface area (Å²) in [7, 11) is -0.827. The molecule has 1 saturated heterocycles. The molecule has 1 aromatic carbocycles. The maximum atomic E-state index is 12.5. The number of ether oxygens (including phenoxy) is 2. The number of sulfonamides is 1. The summed E-state index contributed by atoms with van der Waals surface area (Å²) in [5, 5.41) is 0. The summed E-state index contributed by atoms with van der Waals surface area (Å²) in [5.41, 5.74) is 5.95. The number of hydrogen-bond acceptors (Lipinski definition) is 6. The van der Waals surface area contributed by atoms with E-state index >= 15 is 0 Å². The molecular weight excluding hydrogens is 406 g/mol. The Hall–Kier alpha value is -1.55. The van der Waals surface area contributed by atoms with Crippen LogP contribution in [0.5, 0.6) is 11.5 Å². The van der Waals surface area contributed by atoms with Gasteiger partial charge in [-0.2, -0.15) is 0 Å². The first-order valence-corrected chi connectivity index (χ1v) is 10.5. The summed E-state index contributed by atoms with van der Waals surface area (Å²) in [6.45, 7) is 3.33. The Morgan fingerprint density at radius 2 is 2.00 bits per heavy atom. The Labute approximate surface area is 173 Å². The minimum absolute atomic E-state index is 0. The van der Waals surface area contributed by atoms with Gasteiger partial charge in [0.1, 0.15) is 0 Å². The van der Waals surface area contributed by atoms with Crippen LogP contribution in [0.25, 0.3) is 0 Å². The standard InChI is InChI=1S/C18H29N3O5S.ClH/c1-13(19)14-5-4-10-21(12-14)18(22)8-9-20-27(23,24)15-6-7-16(25-2)17(11-15)26-3;/h6-7,11,13-14,20H,4-5,8-10,12,19H2,1-3H3;1H. The zero-order valence-electron chi connectivity index (χ0n) is 16.5. The van der Waals surface area contributed by atoms with E-state index in [4.69, 9.17) is 15.2 Å². The topological polar surface area (TPSA) is 111 Å². The molecule has 0 spiro atoms. The van der Waals surface area contributed by atoms with Crippen LogP contribution in [0.15, 0.2) is 23.1 Å². The normalized spacial score (nSPS) is 18.1. The molecule has 1 aromatic rings. The van der Waals surface area contributed by atoms with Gasteiger partial charge in [0.05, 0.1) is 19.1 Å². The maximum Gasteiger partial charge on any atom is 0.240 e. The number of halogens is 1. The number of piperidine rings is 1. The van der Waals surface area contributed by atoms with Crippen molar-refractivity contribution in [3.8, 4) is 11.5 Å². The Bertz CT molecular complexity index is 758. The van der Waals surface area contributed by atoms with Gasteiger partial charge in [0, 0.05) is 38.2 Å². The highest BCUT2D eigenvalue weighted by molar-refractivity contribution is 7.89. The van der Waals surface area contributed by atoms with Crippen molar-refractivity contribution in [2.45, 2.75) is 37.1 Å². The minimum Gasteiger partial charge on any atom is -0.493 e. The van der Waals surface area contributed by atoms with Crippen LogP contribution < -0.4 is 19.9 Å². The van der Waals surface area contributed by atoms with Crippen molar-refractivity contribution in [3.05, 3.63) is 18.2 Å². The highest BCUT2D eigenvalue weighted by Gasteiger charge is 2.26. The molecule has 3 N–H and O–H groups in total. The molecule has 0 aromatic heterocycles. The van der Waals surface area contributed by atoms with Crippen LogP contribution in [0, 0.1) is 5.92 Å². The Morgan fingerprint density at radius 1 is 1.32 bits per heavy atom. The third kappa shape index (κ3) is 6.23. The zero-order chi connectivity index (χ0) is 20.0. The van der Waals surface area contributed by atoms with Crippen LogP contribution >= 0.6 is 12.4 Å². The number of hydrogen-bond donors (Lipinski definition) is 2. The van der Waals surface area contributed by atoms with Crippen molar-refractivity contribution >= 4 is 28.3 Å². The van der Waals surface area contributed by atoms with Gasteiger partial charge in [-0.05, 0) is 37.8 Å². The van der Waals surface area contributed by atoms with Gasteiger partial charge >= 0.3 is 0 Å². The van der Waals surface area contributed by atoms with Crippen molar-refractivity contribution in [1.29, 1.82) is 0 Å². The molecule has 1 heterocycles. The number of nitrogens with two attached hydrogens (primary N) is 1. The molecule has 10 heteroatoms. The molecular formula is C18H30ClN3O5S. The van der Waals surface area contributed by atoms with E-state index in [1.165, 1.54) is 32.4 Å². The first kappa shape index (κ1) is 24.5. The molecule has 2 atom stereocenters. The molecule has 1 fully saturated rings. The lowest BCUT2D eigenvalue weighted by atomic mass is 9.92. The summed E-state index contributed by atoms with van der Waals surface area (Å²) < 4.78 is 37.6. The molecule has 0 aliphatic carbocycles. The number of carbonyl (C=O) groups excluding carboxylic acids is 1. The second kappa shape index (κ2) is 10.8. The predicted octanol–water partition coefficient (Wildman–Crippen LogP) is 1.38. The van der Waals surface area contributed by atoms with Crippen molar-refractivity contribution in [1.82, 2.24) is 9.62 Å². The van der Waals surface area contributed by atoms with E-state index in [9.17, 15) is 13.2 Å². The smallest absolute Gasteiger partial charge is 0.240 e. The molecule has 0 bridgehead atoms. The van der Waals surface area contributed by atoms with E-state index < -0.39 is 10.0 Å². The first-order valence-electron chi connectivity index (χ1n) is 9.03. The fraction of sp³-hybridized carbons (Fsp3) is 0.611. The Balaban J connectivity index is 0.00000392. The molecule has 2 unspecified atom stereocenters. The number of likely N-dealkylation sites (tertiary alicyclic amines) is 1. The van der Waals surface area contributed by atoms with E-state index in [-0.39, 0.29) is 42.2 Å². The Morgan fingerprint density at radius 3 is 2.61 bits per heavy atom. The predicted molar refractivity (Wildman–Crippen MR) is 110 cm³/mol. The quantitative estimate of drug-likeness (QED) is 0.638. The molecule has 160 valence electrons. The maximum absolute atomic E-state index is 12.5. The molecule has 28 heavy (non-hydrogen) atoms. The van der Waals surface area contributed by atoms with Gasteiger partial charge in [0.15, 0.2) is 11.5 Å². The van der Waals surface area contributed by atoms with Crippen LogP contribution in [-0.2, 0) is 14.8 Å². The number of carbonyl (C=O) groups is 1. The fourth-order valence-electron chi connectivity index (χ4n) is 3.18. The number of nitrogens with one attached hydrogen (secondary N) is 1. The van der Waals surface area contributed by atoms with E-state index in [1.807, 2.05) is 6.92 Å². The van der Waals surface area contributed by atoms with E-state index in [1.54, 1.807) is 4.90 Å². The second-order valence-corrected chi connectivity index (χ2v) is 8.53. The van der Waals surface area contributed by atoms with E-state index in [0.29, 0.717) is 30.5 Å². The van der Waals surface area contributed by atoms with Gasteiger partial charge in [-0.3, -0.25) is 4.79 Å². The molecule has 0 radical (unpaired) electrons. The molecule has 8 nitrogen and oxygen atoms in total. The monoisotopic (exact) mass is 435 g/mol. The number of nitrogens with zero attached hydrogens (tertiary/aromatic N) is 1. The van der Waals surface area contributed by atoms with Gasteiger partial charge in [0.2, 0.25) is 15.9 Å². The lowest BCUT2D eigenvalue weighted by Crippen LogP contribution is -2.45. The number of benzene rings is 1. The summed E-state index contributed by atoms with van der Waals surface area (Å²) in [4.78, 5) is 14.2. The second-order valence-electron chi connectivity index (χ2n) is 6.77. The third-order valence-electron chi connectivity index (χ3n) is 4.85. The van der Waals surface area contributed by atoms with Gasteiger partial charge in [-0.1, -0.05) is 0 Å². The molecule has 1 amide bonds. The third-order valence-corrected chi connectivity index (χ3v) is 6.31. The van der Waals surface area contributed by atoms with Crippen molar-refractivity contribution in [2.75, 3.05) is 33.9 Å². The SMILES string of the molecule is COc1ccc(S(=O)(=O)NCCC(=O)N2CCCC(C(C)N)C2)cc1OC.Cl. The number of methoxy groups -OCH3 is 2. The summed E-state index contributed by atoms with van der Waals surface area (Å²) in [6, 6.07) is 4.40. The number of amides is 1. The lowest BCUT2D eigenvalue weighted by molar-refractivity contribution is -0.132. The van der Waals surface area contributed by atoms with Gasteiger partial charge in [0.25, 0.3) is 0 Å². The average Bonchev–Trinajstić information content (AvgIpc) is 2.67. The largest absolute Gasteiger partial charge is 0.493 e. The average molecular weight is 436 g/mol. The lowest BCUT2D eigenvalue weighted by Gasteiger charge is -2.34. The van der Waals surface area contributed by atoms with Crippen LogP contribution in [0.1, 0.15) is 26.2 Å². The first-order chi connectivity index (χ1) is 12.8. The highest BCUT2D eigenvalue weighted by atomic mass is 35.5. The van der Waals surface area contributed by atoms with Crippen molar-refractivity contribution in [2.24, 2.45) is 11.7 Å². The zero-order valence-corrected chi connectivity index (χ0v) is 18.1. The van der Waals surface area contributed by atoms with Crippen LogP contribution in [-0.4, -0.2) is 59.1 Å². The molecule has 2 rings (SSSR count). The van der Waals surface area contributed by atoms with Gasteiger partial charge in [-0.15, -0.1) is 12.4 Å². The Kier molecular flexibility index (Phi) is 9.49. The van der Waals surface area contributed by atoms with Gasteiger partial charge < -0.3 is 20.1 Å². The molecule has 1 aliphatic heterocycles. The van der Waals surface area contributed by atoms with Crippen molar-refractivity contribution < 1.29 is 22.7 Å².